The van der Waals surface area contributed by atoms with Gasteiger partial charge in [-0.1, -0.05) is 38.4 Å². The molecule has 1 heterocycles. The largest absolute Gasteiger partial charge is 0.495 e. The summed E-state index contributed by atoms with van der Waals surface area (Å²) < 4.78 is 6.24. The Balaban J connectivity index is 2.20. The Bertz CT molecular complexity index is 586. The van der Waals surface area contributed by atoms with Crippen LogP contribution in [0.2, 0.25) is 4.34 Å². The molecule has 1 aromatic heterocycles. The van der Waals surface area contributed by atoms with E-state index in [1.54, 1.807) is 18.4 Å². The van der Waals surface area contributed by atoms with E-state index in [-0.39, 0.29) is 5.41 Å². The molecule has 0 unspecified atom stereocenters. The lowest BCUT2D eigenvalue weighted by Crippen LogP contribution is -2.12. The molecule has 0 radical (unpaired) electrons. The molecule has 1 N–H and O–H groups in total. The summed E-state index contributed by atoms with van der Waals surface area (Å²) in [5, 5.41) is 3.43. The van der Waals surface area contributed by atoms with E-state index in [4.69, 9.17) is 16.3 Å². The number of methoxy groups -OCH3 is 1. The second-order valence-corrected chi connectivity index (χ2v) is 7.52. The number of nitrogens with one attached hydrogen (secondary N) is 1. The molecule has 0 saturated heterocycles. The first-order valence-corrected chi connectivity index (χ1v) is 7.76. The first kappa shape index (κ1) is 15.2. The van der Waals surface area contributed by atoms with Crippen LogP contribution in [0.15, 0.2) is 30.3 Å². The van der Waals surface area contributed by atoms with Gasteiger partial charge in [0.1, 0.15) is 5.75 Å². The predicted octanol–water partition coefficient (Wildman–Crippen LogP) is 5.32. The van der Waals surface area contributed by atoms with Crippen LogP contribution in [0.4, 0.5) is 5.69 Å². The quantitative estimate of drug-likeness (QED) is 0.825. The van der Waals surface area contributed by atoms with Crippen LogP contribution in [0.5, 0.6) is 5.75 Å². The molecule has 20 heavy (non-hydrogen) atoms. The summed E-state index contributed by atoms with van der Waals surface area (Å²) in [6, 6.07) is 10.3. The van der Waals surface area contributed by atoms with Crippen LogP contribution in [0.1, 0.15) is 31.2 Å². The van der Waals surface area contributed by atoms with Crippen molar-refractivity contribution in [1.29, 1.82) is 0 Å². The minimum Gasteiger partial charge on any atom is -0.495 e. The van der Waals surface area contributed by atoms with E-state index in [1.165, 1.54) is 10.4 Å². The Hall–Kier alpha value is -1.19. The average molecular weight is 310 g/mol. The van der Waals surface area contributed by atoms with Crippen LogP contribution < -0.4 is 10.1 Å². The summed E-state index contributed by atoms with van der Waals surface area (Å²) in [4.78, 5) is 1.21. The van der Waals surface area contributed by atoms with Gasteiger partial charge >= 0.3 is 0 Å². The van der Waals surface area contributed by atoms with Gasteiger partial charge in [-0.05, 0) is 35.2 Å². The molecule has 0 aliphatic rings. The van der Waals surface area contributed by atoms with Gasteiger partial charge in [-0.2, -0.15) is 0 Å². The van der Waals surface area contributed by atoms with Crippen LogP contribution in [0, 0.1) is 0 Å². The summed E-state index contributed by atoms with van der Waals surface area (Å²) >= 11 is 7.54. The van der Waals surface area contributed by atoms with E-state index in [0.717, 1.165) is 22.3 Å². The van der Waals surface area contributed by atoms with E-state index in [0.29, 0.717) is 0 Å². The molecule has 0 saturated carbocycles. The maximum Gasteiger partial charge on any atom is 0.141 e. The lowest BCUT2D eigenvalue weighted by atomic mass is 9.87. The molecule has 0 amide bonds. The highest BCUT2D eigenvalue weighted by Gasteiger charge is 2.15. The molecule has 2 aromatic rings. The van der Waals surface area contributed by atoms with Crippen molar-refractivity contribution >= 4 is 28.6 Å². The van der Waals surface area contributed by atoms with Crippen LogP contribution in [-0.2, 0) is 12.0 Å². The molecular formula is C16H20ClNOS. The Morgan fingerprint density at radius 3 is 2.50 bits per heavy atom. The highest BCUT2D eigenvalue weighted by molar-refractivity contribution is 7.16. The highest BCUT2D eigenvalue weighted by Crippen LogP contribution is 2.32. The molecular weight excluding hydrogens is 290 g/mol. The van der Waals surface area contributed by atoms with Crippen molar-refractivity contribution in [3.05, 3.63) is 45.1 Å². The van der Waals surface area contributed by atoms with Gasteiger partial charge < -0.3 is 10.1 Å². The Kier molecular flexibility index (Phi) is 4.61. The van der Waals surface area contributed by atoms with Gasteiger partial charge in [0.15, 0.2) is 0 Å². The van der Waals surface area contributed by atoms with Crippen LogP contribution in [-0.4, -0.2) is 7.11 Å². The third-order valence-electron chi connectivity index (χ3n) is 3.15. The van der Waals surface area contributed by atoms with Crippen molar-refractivity contribution < 1.29 is 4.74 Å². The zero-order valence-corrected chi connectivity index (χ0v) is 13.9. The molecule has 108 valence electrons. The van der Waals surface area contributed by atoms with Crippen LogP contribution in [0.3, 0.4) is 0 Å². The van der Waals surface area contributed by atoms with Crippen LogP contribution >= 0.6 is 22.9 Å². The molecule has 2 rings (SSSR count). The van der Waals surface area contributed by atoms with Gasteiger partial charge in [0.05, 0.1) is 17.1 Å². The summed E-state index contributed by atoms with van der Waals surface area (Å²) in [5.74, 6) is 0.862. The van der Waals surface area contributed by atoms with Gasteiger partial charge in [0.25, 0.3) is 0 Å². The second-order valence-electron chi connectivity index (χ2n) is 5.72. The number of benzene rings is 1. The minimum atomic E-state index is 0.120. The monoisotopic (exact) mass is 309 g/mol. The molecule has 4 heteroatoms. The molecule has 0 bridgehead atoms. The number of ether oxygens (including phenoxy) is 1. The summed E-state index contributed by atoms with van der Waals surface area (Å²) in [7, 11) is 1.69. The highest BCUT2D eigenvalue weighted by atomic mass is 35.5. The van der Waals surface area contributed by atoms with Crippen LogP contribution in [0.25, 0.3) is 0 Å². The van der Waals surface area contributed by atoms with Gasteiger partial charge in [0.2, 0.25) is 0 Å². The number of thiophene rings is 1. The van der Waals surface area contributed by atoms with Gasteiger partial charge in [-0.15, -0.1) is 11.3 Å². The summed E-state index contributed by atoms with van der Waals surface area (Å²) in [6.07, 6.45) is 0. The number of rotatable bonds is 4. The van der Waals surface area contributed by atoms with Crippen molar-refractivity contribution in [2.45, 2.75) is 32.7 Å². The molecule has 1 aromatic carbocycles. The minimum absolute atomic E-state index is 0.120. The normalized spacial score (nSPS) is 11.4. The number of hydrogen-bond donors (Lipinski definition) is 1. The Labute approximate surface area is 129 Å². The van der Waals surface area contributed by atoms with E-state index >= 15 is 0 Å². The molecule has 0 spiro atoms. The zero-order chi connectivity index (χ0) is 14.8. The van der Waals surface area contributed by atoms with Gasteiger partial charge in [0, 0.05) is 11.4 Å². The maximum absolute atomic E-state index is 5.95. The molecule has 0 atom stereocenters. The SMILES string of the molecule is COc1ccc(C(C)(C)C)cc1NCc1ccc(Cl)s1. The lowest BCUT2D eigenvalue weighted by molar-refractivity contribution is 0.416. The fourth-order valence-corrected chi connectivity index (χ4v) is 2.97. The van der Waals surface area contributed by atoms with Crippen molar-refractivity contribution in [2.75, 3.05) is 12.4 Å². The Morgan fingerprint density at radius 1 is 1.20 bits per heavy atom. The first-order valence-electron chi connectivity index (χ1n) is 6.57. The third-order valence-corrected chi connectivity index (χ3v) is 4.38. The topological polar surface area (TPSA) is 21.3 Å². The van der Waals surface area contributed by atoms with Crippen molar-refractivity contribution in [1.82, 2.24) is 0 Å². The van der Waals surface area contributed by atoms with Gasteiger partial charge in [-0.3, -0.25) is 0 Å². The average Bonchev–Trinajstić information content (AvgIpc) is 2.80. The number of halogens is 1. The predicted molar refractivity (Wildman–Crippen MR) is 88.3 cm³/mol. The van der Waals surface area contributed by atoms with Gasteiger partial charge in [-0.25, -0.2) is 0 Å². The number of hydrogen-bond acceptors (Lipinski definition) is 3. The maximum atomic E-state index is 5.95. The molecule has 2 nitrogen and oxygen atoms in total. The first-order chi connectivity index (χ1) is 9.40. The van der Waals surface area contributed by atoms with Crippen molar-refractivity contribution in [2.24, 2.45) is 0 Å². The standard InChI is InChI=1S/C16H20ClNOS/c1-16(2,3)11-5-7-14(19-4)13(9-11)18-10-12-6-8-15(17)20-12/h5-9,18H,10H2,1-4H3. The summed E-state index contributed by atoms with van der Waals surface area (Å²) in [6.45, 7) is 7.37. The van der Waals surface area contributed by atoms with Crippen molar-refractivity contribution in [3.63, 3.8) is 0 Å². The fraction of sp³-hybridized carbons (Fsp3) is 0.375. The third kappa shape index (κ3) is 3.68. The fourth-order valence-electron chi connectivity index (χ4n) is 1.94. The number of anilines is 1. The van der Waals surface area contributed by atoms with E-state index < -0.39 is 0 Å². The van der Waals surface area contributed by atoms with Crippen molar-refractivity contribution in [3.8, 4) is 5.75 Å². The second kappa shape index (κ2) is 6.06. The van der Waals surface area contributed by atoms with E-state index in [1.807, 2.05) is 18.2 Å². The molecule has 0 aliphatic carbocycles. The van der Waals surface area contributed by atoms with E-state index in [2.05, 4.69) is 38.2 Å². The molecule has 0 aliphatic heterocycles. The smallest absolute Gasteiger partial charge is 0.141 e. The Morgan fingerprint density at radius 2 is 1.95 bits per heavy atom. The molecule has 0 fully saturated rings. The van der Waals surface area contributed by atoms with E-state index in [9.17, 15) is 0 Å². The zero-order valence-electron chi connectivity index (χ0n) is 12.3. The lowest BCUT2D eigenvalue weighted by Gasteiger charge is -2.21. The summed E-state index contributed by atoms with van der Waals surface area (Å²) in [5.41, 5.74) is 2.42.